The smallest absolute Gasteiger partial charge is 0.228 e. The summed E-state index contributed by atoms with van der Waals surface area (Å²) >= 11 is 1.45. The number of rotatable bonds is 5. The highest BCUT2D eigenvalue weighted by Crippen LogP contribution is 2.33. The summed E-state index contributed by atoms with van der Waals surface area (Å²) in [5, 5.41) is 0. The zero-order valence-corrected chi connectivity index (χ0v) is 16.4. The molecule has 5 nitrogen and oxygen atoms in total. The summed E-state index contributed by atoms with van der Waals surface area (Å²) in [7, 11) is 3.33. The highest BCUT2D eigenvalue weighted by molar-refractivity contribution is 7.04. The first-order valence-corrected chi connectivity index (χ1v) is 9.54. The zero-order valence-electron chi connectivity index (χ0n) is 15.6. The van der Waals surface area contributed by atoms with Crippen molar-refractivity contribution in [2.24, 2.45) is 4.99 Å². The Morgan fingerprint density at radius 2 is 1.43 bits per heavy atom. The molecule has 0 saturated heterocycles. The molecule has 0 atom stereocenters. The third-order valence-electron chi connectivity index (χ3n) is 4.20. The molecule has 140 valence electrons. The Hall–Kier alpha value is -3.38. The third-order valence-corrected chi connectivity index (χ3v) is 5.10. The van der Waals surface area contributed by atoms with Crippen molar-refractivity contribution in [3.8, 4) is 28.6 Å². The van der Waals surface area contributed by atoms with Crippen LogP contribution in [-0.2, 0) is 0 Å². The van der Waals surface area contributed by atoms with E-state index in [-0.39, 0.29) is 0 Å². The second-order valence-electron chi connectivity index (χ2n) is 5.92. The van der Waals surface area contributed by atoms with Gasteiger partial charge in [-0.1, -0.05) is 42.5 Å². The number of ether oxygens (including phenoxy) is 2. The van der Waals surface area contributed by atoms with Crippen LogP contribution in [0, 0.1) is 0 Å². The lowest BCUT2D eigenvalue weighted by Crippen LogP contribution is -1.99. The number of para-hydroxylation sites is 4. The Morgan fingerprint density at radius 1 is 0.786 bits per heavy atom. The number of nitrogens with zero attached hydrogens (tertiary/aromatic N) is 3. The Labute approximate surface area is 167 Å². The molecule has 6 heteroatoms. The average molecular weight is 389 g/mol. The second-order valence-corrected chi connectivity index (χ2v) is 6.84. The van der Waals surface area contributed by atoms with Gasteiger partial charge < -0.3 is 9.47 Å². The van der Waals surface area contributed by atoms with Crippen molar-refractivity contribution in [3.63, 3.8) is 0 Å². The first-order valence-electron chi connectivity index (χ1n) is 8.77. The Kier molecular flexibility index (Phi) is 5.21. The molecule has 0 aliphatic rings. The van der Waals surface area contributed by atoms with E-state index in [2.05, 4.69) is 4.99 Å². The van der Waals surface area contributed by atoms with Crippen LogP contribution in [0.15, 0.2) is 83.9 Å². The molecule has 1 aromatic heterocycles. The molecule has 1 heterocycles. The summed E-state index contributed by atoms with van der Waals surface area (Å²) in [4.78, 5) is 10.2. The molecule has 0 bridgehead atoms. The van der Waals surface area contributed by atoms with Crippen LogP contribution >= 0.6 is 11.5 Å². The first-order chi connectivity index (χ1) is 13.8. The maximum atomic E-state index is 5.57. The number of aromatic nitrogens is 2. The number of hydrogen-bond donors (Lipinski definition) is 0. The van der Waals surface area contributed by atoms with Crippen LogP contribution in [0.25, 0.3) is 17.1 Å². The molecule has 0 spiro atoms. The minimum atomic E-state index is 0.651. The highest BCUT2D eigenvalue weighted by atomic mass is 32.1. The van der Waals surface area contributed by atoms with E-state index in [1.165, 1.54) is 11.5 Å². The minimum absolute atomic E-state index is 0.651. The molecule has 4 rings (SSSR count). The molecule has 0 unspecified atom stereocenters. The van der Waals surface area contributed by atoms with Gasteiger partial charge in [0.2, 0.25) is 4.80 Å². The zero-order chi connectivity index (χ0) is 19.3. The summed E-state index contributed by atoms with van der Waals surface area (Å²) < 4.78 is 13.2. The van der Waals surface area contributed by atoms with E-state index >= 15 is 0 Å². The van der Waals surface area contributed by atoms with Crippen molar-refractivity contribution < 1.29 is 9.47 Å². The molecule has 0 saturated carbocycles. The molecule has 0 amide bonds. The van der Waals surface area contributed by atoms with Gasteiger partial charge in [0.25, 0.3) is 0 Å². The van der Waals surface area contributed by atoms with E-state index < -0.39 is 0 Å². The maximum absolute atomic E-state index is 5.57. The molecular formula is C22H19N3O2S. The SMILES string of the molecule is COc1ccccc1-c1nc(=Nc2ccccc2)sn1-c1ccccc1OC. The predicted molar refractivity (Wildman–Crippen MR) is 112 cm³/mol. The van der Waals surface area contributed by atoms with Gasteiger partial charge in [-0.15, -0.1) is 0 Å². The molecule has 3 aromatic carbocycles. The standard InChI is InChI=1S/C22H19N3O2S/c1-26-19-14-8-6-12-17(19)21-24-22(23-16-10-4-3-5-11-16)28-25(21)18-13-7-9-15-20(18)27-2/h3-15H,1-2H3. The molecule has 0 radical (unpaired) electrons. The van der Waals surface area contributed by atoms with Crippen LogP contribution in [0.2, 0.25) is 0 Å². The summed E-state index contributed by atoms with van der Waals surface area (Å²) in [6.45, 7) is 0. The van der Waals surface area contributed by atoms with Crippen LogP contribution in [0.4, 0.5) is 5.69 Å². The molecule has 0 fully saturated rings. The van der Waals surface area contributed by atoms with Crippen molar-refractivity contribution in [1.29, 1.82) is 0 Å². The summed E-state index contributed by atoms with van der Waals surface area (Å²) in [5.41, 5.74) is 2.65. The van der Waals surface area contributed by atoms with E-state index in [1.807, 2.05) is 82.8 Å². The summed E-state index contributed by atoms with van der Waals surface area (Å²) in [6, 6.07) is 25.5. The van der Waals surface area contributed by atoms with Crippen molar-refractivity contribution in [3.05, 3.63) is 83.7 Å². The molecule has 28 heavy (non-hydrogen) atoms. The van der Waals surface area contributed by atoms with Gasteiger partial charge in [-0.3, -0.25) is 0 Å². The van der Waals surface area contributed by atoms with Crippen LogP contribution in [-0.4, -0.2) is 23.2 Å². The van der Waals surface area contributed by atoms with Gasteiger partial charge in [-0.25, -0.2) is 8.95 Å². The first kappa shape index (κ1) is 18.0. The van der Waals surface area contributed by atoms with E-state index in [9.17, 15) is 0 Å². The monoisotopic (exact) mass is 389 g/mol. The molecule has 0 aliphatic heterocycles. The predicted octanol–water partition coefficient (Wildman–Crippen LogP) is 4.85. The van der Waals surface area contributed by atoms with Gasteiger partial charge in [0.05, 0.1) is 25.5 Å². The quantitative estimate of drug-likeness (QED) is 0.490. The minimum Gasteiger partial charge on any atom is -0.496 e. The van der Waals surface area contributed by atoms with Crippen LogP contribution in [0.3, 0.4) is 0 Å². The van der Waals surface area contributed by atoms with Crippen LogP contribution in [0.5, 0.6) is 11.5 Å². The van der Waals surface area contributed by atoms with E-state index in [1.54, 1.807) is 14.2 Å². The fraction of sp³-hybridized carbons (Fsp3) is 0.0909. The normalized spacial score (nSPS) is 11.4. The summed E-state index contributed by atoms with van der Waals surface area (Å²) in [6.07, 6.45) is 0. The van der Waals surface area contributed by atoms with Crippen molar-refractivity contribution in [2.75, 3.05) is 14.2 Å². The largest absolute Gasteiger partial charge is 0.496 e. The second kappa shape index (κ2) is 8.10. The van der Waals surface area contributed by atoms with Crippen molar-refractivity contribution in [1.82, 2.24) is 8.94 Å². The molecule has 0 aliphatic carbocycles. The average Bonchev–Trinajstić information content (AvgIpc) is 3.17. The lowest BCUT2D eigenvalue weighted by atomic mass is 10.2. The topological polar surface area (TPSA) is 48.6 Å². The third kappa shape index (κ3) is 3.54. The Bertz CT molecular complexity index is 1080. The fourth-order valence-corrected chi connectivity index (χ4v) is 3.81. The fourth-order valence-electron chi connectivity index (χ4n) is 2.90. The van der Waals surface area contributed by atoms with Gasteiger partial charge in [0, 0.05) is 0 Å². The van der Waals surface area contributed by atoms with Gasteiger partial charge >= 0.3 is 0 Å². The van der Waals surface area contributed by atoms with Crippen LogP contribution in [0.1, 0.15) is 0 Å². The number of benzene rings is 3. The van der Waals surface area contributed by atoms with Crippen molar-refractivity contribution in [2.45, 2.75) is 0 Å². The highest BCUT2D eigenvalue weighted by Gasteiger charge is 2.17. The van der Waals surface area contributed by atoms with E-state index in [4.69, 9.17) is 14.5 Å². The van der Waals surface area contributed by atoms with E-state index in [0.717, 1.165) is 34.3 Å². The molecule has 0 N–H and O–H groups in total. The lowest BCUT2D eigenvalue weighted by Gasteiger charge is -2.12. The van der Waals surface area contributed by atoms with Gasteiger partial charge in [-0.2, -0.15) is 4.98 Å². The van der Waals surface area contributed by atoms with Crippen LogP contribution < -0.4 is 14.3 Å². The van der Waals surface area contributed by atoms with Crippen molar-refractivity contribution >= 4 is 17.2 Å². The Balaban J connectivity index is 1.97. The van der Waals surface area contributed by atoms with Gasteiger partial charge in [0.15, 0.2) is 5.82 Å². The molecule has 4 aromatic rings. The maximum Gasteiger partial charge on any atom is 0.228 e. The van der Waals surface area contributed by atoms with Gasteiger partial charge in [-0.05, 0) is 47.9 Å². The summed E-state index contributed by atoms with van der Waals surface area (Å²) in [5.74, 6) is 2.27. The molecular weight excluding hydrogens is 370 g/mol. The van der Waals surface area contributed by atoms with E-state index in [0.29, 0.717) is 4.80 Å². The Morgan fingerprint density at radius 3 is 2.18 bits per heavy atom. The number of methoxy groups -OCH3 is 2. The van der Waals surface area contributed by atoms with Gasteiger partial charge in [0.1, 0.15) is 17.2 Å². The number of hydrogen-bond acceptors (Lipinski definition) is 5. The lowest BCUT2D eigenvalue weighted by molar-refractivity contribution is 0.413.